The summed E-state index contributed by atoms with van der Waals surface area (Å²) in [5.74, 6) is 1.44. The number of nitrogens with zero attached hydrogens (tertiary/aromatic N) is 2. The summed E-state index contributed by atoms with van der Waals surface area (Å²) in [5, 5.41) is 1.90. The van der Waals surface area contributed by atoms with Crippen molar-refractivity contribution in [2.24, 2.45) is 0 Å². The molecule has 7 heteroatoms. The van der Waals surface area contributed by atoms with Gasteiger partial charge in [-0.15, -0.1) is 11.3 Å². The van der Waals surface area contributed by atoms with Gasteiger partial charge in [0.15, 0.2) is 0 Å². The van der Waals surface area contributed by atoms with Crippen molar-refractivity contribution in [3.8, 4) is 11.5 Å². The van der Waals surface area contributed by atoms with Crippen molar-refractivity contribution in [1.82, 2.24) is 9.80 Å². The average molecular weight is 374 g/mol. The summed E-state index contributed by atoms with van der Waals surface area (Å²) in [5.41, 5.74) is 0.800. The molecule has 2 aromatic rings. The Morgan fingerprint density at radius 1 is 1.04 bits per heavy atom. The van der Waals surface area contributed by atoms with Gasteiger partial charge in [-0.25, -0.2) is 0 Å². The van der Waals surface area contributed by atoms with Gasteiger partial charge in [-0.05, 0) is 29.6 Å². The number of methoxy groups -OCH3 is 2. The summed E-state index contributed by atoms with van der Waals surface area (Å²) < 4.78 is 10.6. The molecule has 0 unspecified atom stereocenters. The van der Waals surface area contributed by atoms with Crippen molar-refractivity contribution in [3.63, 3.8) is 0 Å². The first-order valence-electron chi connectivity index (χ1n) is 8.44. The number of benzene rings is 1. The van der Waals surface area contributed by atoms with Crippen molar-refractivity contribution >= 4 is 23.2 Å². The van der Waals surface area contributed by atoms with Gasteiger partial charge in [0.2, 0.25) is 5.91 Å². The fourth-order valence-electron chi connectivity index (χ4n) is 3.01. The van der Waals surface area contributed by atoms with Crippen molar-refractivity contribution in [2.75, 3.05) is 40.4 Å². The quantitative estimate of drug-likeness (QED) is 0.806. The molecule has 3 rings (SSSR count). The molecule has 0 radical (unpaired) electrons. The van der Waals surface area contributed by atoms with Crippen LogP contribution in [-0.2, 0) is 11.2 Å². The summed E-state index contributed by atoms with van der Waals surface area (Å²) in [4.78, 5) is 29.4. The maximum absolute atomic E-state index is 12.7. The molecule has 1 fully saturated rings. The van der Waals surface area contributed by atoms with E-state index in [1.54, 1.807) is 25.2 Å². The molecule has 2 amide bonds. The summed E-state index contributed by atoms with van der Waals surface area (Å²) in [6.07, 6.45) is 0.249. The summed E-state index contributed by atoms with van der Waals surface area (Å²) in [6, 6.07) is 9.15. The summed E-state index contributed by atoms with van der Waals surface area (Å²) in [6.45, 7) is 2.19. The lowest BCUT2D eigenvalue weighted by Gasteiger charge is -2.34. The van der Waals surface area contributed by atoms with E-state index in [1.165, 1.54) is 11.3 Å². The van der Waals surface area contributed by atoms with E-state index in [0.717, 1.165) is 10.4 Å². The van der Waals surface area contributed by atoms with Gasteiger partial charge >= 0.3 is 0 Å². The Morgan fingerprint density at radius 2 is 1.77 bits per heavy atom. The standard InChI is InChI=1S/C19H22N2O4S/c1-24-15-5-6-16(25-2)14(12-15)13-18(22)20-7-9-21(10-8-20)19(23)17-4-3-11-26-17/h3-6,11-12H,7-10,13H2,1-2H3. The Bertz CT molecular complexity index is 768. The van der Waals surface area contributed by atoms with Gasteiger partial charge in [0.25, 0.3) is 5.91 Å². The highest BCUT2D eigenvalue weighted by Crippen LogP contribution is 2.25. The monoisotopic (exact) mass is 374 g/mol. The number of carbonyl (C=O) groups is 2. The topological polar surface area (TPSA) is 59.1 Å². The molecular weight excluding hydrogens is 352 g/mol. The van der Waals surface area contributed by atoms with Gasteiger partial charge in [-0.2, -0.15) is 0 Å². The third-order valence-electron chi connectivity index (χ3n) is 4.48. The second-order valence-corrected chi connectivity index (χ2v) is 6.95. The van der Waals surface area contributed by atoms with Crippen LogP contribution in [0.1, 0.15) is 15.2 Å². The molecule has 0 saturated carbocycles. The fourth-order valence-corrected chi connectivity index (χ4v) is 3.70. The Morgan fingerprint density at radius 3 is 2.38 bits per heavy atom. The van der Waals surface area contributed by atoms with Crippen molar-refractivity contribution in [1.29, 1.82) is 0 Å². The highest BCUT2D eigenvalue weighted by molar-refractivity contribution is 7.12. The molecule has 0 bridgehead atoms. The van der Waals surface area contributed by atoms with Crippen LogP contribution in [0, 0.1) is 0 Å². The zero-order valence-electron chi connectivity index (χ0n) is 14.9. The van der Waals surface area contributed by atoms with Crippen LogP contribution >= 0.6 is 11.3 Å². The number of amides is 2. The largest absolute Gasteiger partial charge is 0.497 e. The highest BCUT2D eigenvalue weighted by Gasteiger charge is 2.25. The molecule has 0 aliphatic carbocycles. The minimum Gasteiger partial charge on any atom is -0.497 e. The molecule has 1 saturated heterocycles. The zero-order valence-corrected chi connectivity index (χ0v) is 15.8. The summed E-state index contributed by atoms with van der Waals surface area (Å²) in [7, 11) is 3.18. The first kappa shape index (κ1) is 18.3. The third kappa shape index (κ3) is 3.99. The van der Waals surface area contributed by atoms with E-state index in [1.807, 2.05) is 34.5 Å². The van der Waals surface area contributed by atoms with Gasteiger partial charge in [-0.3, -0.25) is 9.59 Å². The van der Waals surface area contributed by atoms with Gasteiger partial charge in [0.05, 0.1) is 25.5 Å². The predicted octanol–water partition coefficient (Wildman–Crippen LogP) is 2.29. The lowest BCUT2D eigenvalue weighted by molar-refractivity contribution is -0.131. The molecule has 0 spiro atoms. The Kier molecular flexibility index (Phi) is 5.78. The van der Waals surface area contributed by atoms with Crippen LogP contribution in [0.4, 0.5) is 0 Å². The fraction of sp³-hybridized carbons (Fsp3) is 0.368. The van der Waals surface area contributed by atoms with E-state index >= 15 is 0 Å². The number of thiophene rings is 1. The molecule has 138 valence electrons. The van der Waals surface area contributed by atoms with E-state index in [0.29, 0.717) is 37.7 Å². The molecule has 0 N–H and O–H groups in total. The van der Waals surface area contributed by atoms with Crippen LogP contribution in [0.15, 0.2) is 35.7 Å². The van der Waals surface area contributed by atoms with Crippen molar-refractivity contribution in [2.45, 2.75) is 6.42 Å². The number of hydrogen-bond donors (Lipinski definition) is 0. The normalized spacial score (nSPS) is 14.2. The lowest BCUT2D eigenvalue weighted by atomic mass is 10.1. The molecule has 26 heavy (non-hydrogen) atoms. The van der Waals surface area contributed by atoms with Gasteiger partial charge in [-0.1, -0.05) is 6.07 Å². The summed E-state index contributed by atoms with van der Waals surface area (Å²) >= 11 is 1.44. The van der Waals surface area contributed by atoms with Crippen LogP contribution in [-0.4, -0.2) is 62.0 Å². The Labute approximate surface area is 156 Å². The highest BCUT2D eigenvalue weighted by atomic mass is 32.1. The molecule has 0 atom stereocenters. The van der Waals surface area contributed by atoms with Crippen LogP contribution in [0.3, 0.4) is 0 Å². The van der Waals surface area contributed by atoms with Gasteiger partial charge < -0.3 is 19.3 Å². The van der Waals surface area contributed by atoms with E-state index < -0.39 is 0 Å². The minimum atomic E-state index is 0.0276. The van der Waals surface area contributed by atoms with Crippen LogP contribution < -0.4 is 9.47 Å². The zero-order chi connectivity index (χ0) is 18.5. The molecule has 1 aromatic carbocycles. The molecular formula is C19H22N2O4S. The van der Waals surface area contributed by atoms with Crippen molar-refractivity contribution < 1.29 is 19.1 Å². The van der Waals surface area contributed by atoms with Crippen LogP contribution in [0.5, 0.6) is 11.5 Å². The molecule has 1 aliphatic rings. The van der Waals surface area contributed by atoms with Gasteiger partial charge in [0.1, 0.15) is 11.5 Å². The number of carbonyl (C=O) groups excluding carboxylic acids is 2. The minimum absolute atomic E-state index is 0.0276. The predicted molar refractivity (Wildman–Crippen MR) is 100 cm³/mol. The van der Waals surface area contributed by atoms with E-state index in [9.17, 15) is 9.59 Å². The maximum atomic E-state index is 12.7. The van der Waals surface area contributed by atoms with Crippen LogP contribution in [0.2, 0.25) is 0 Å². The van der Waals surface area contributed by atoms with E-state index in [-0.39, 0.29) is 18.2 Å². The Balaban J connectivity index is 1.60. The van der Waals surface area contributed by atoms with E-state index in [4.69, 9.17) is 9.47 Å². The number of ether oxygens (including phenoxy) is 2. The smallest absolute Gasteiger partial charge is 0.264 e. The van der Waals surface area contributed by atoms with E-state index in [2.05, 4.69) is 0 Å². The number of piperazine rings is 1. The number of rotatable bonds is 5. The second kappa shape index (κ2) is 8.23. The molecule has 6 nitrogen and oxygen atoms in total. The maximum Gasteiger partial charge on any atom is 0.264 e. The van der Waals surface area contributed by atoms with Gasteiger partial charge in [0, 0.05) is 31.7 Å². The Hall–Kier alpha value is -2.54. The SMILES string of the molecule is COc1ccc(OC)c(CC(=O)N2CCN(C(=O)c3cccs3)CC2)c1. The average Bonchev–Trinajstić information content (AvgIpc) is 3.22. The lowest BCUT2D eigenvalue weighted by Crippen LogP contribution is -2.50. The molecule has 1 aromatic heterocycles. The first-order valence-corrected chi connectivity index (χ1v) is 9.32. The third-order valence-corrected chi connectivity index (χ3v) is 5.34. The van der Waals surface area contributed by atoms with Crippen molar-refractivity contribution in [3.05, 3.63) is 46.2 Å². The molecule has 1 aliphatic heterocycles. The second-order valence-electron chi connectivity index (χ2n) is 6.00. The first-order chi connectivity index (χ1) is 12.6. The number of hydrogen-bond acceptors (Lipinski definition) is 5. The van der Waals surface area contributed by atoms with Crippen LogP contribution in [0.25, 0.3) is 0 Å². The molecule has 2 heterocycles.